The third-order valence-corrected chi connectivity index (χ3v) is 8.23. The molecule has 2 saturated carbocycles. The largest absolute Gasteiger partial charge is 0.103 e. The molecule has 0 aliphatic heterocycles. The highest BCUT2D eigenvalue weighted by Crippen LogP contribution is 2.66. The highest BCUT2D eigenvalue weighted by atomic mass is 14.6. The molecule has 0 spiro atoms. The normalized spacial score (nSPS) is 27.3. The van der Waals surface area contributed by atoms with Gasteiger partial charge in [-0.1, -0.05) is 140 Å². The SMILES string of the molecule is C.C/C=C1\CCCC2(C)C1CCC2(C)C(C)CCCC.C=CC(C)CCC.CC.CC.CCC. The Kier molecular flexibility index (Phi) is 28.9. The summed E-state index contributed by atoms with van der Waals surface area (Å²) >= 11 is 0. The Morgan fingerprint density at radius 1 is 0.941 bits per heavy atom. The first-order valence-corrected chi connectivity index (χ1v) is 15.0. The fraction of sp³-hybridized carbons (Fsp3) is 0.882. The second-order valence-electron chi connectivity index (χ2n) is 10.4. The van der Waals surface area contributed by atoms with Crippen LogP contribution >= 0.6 is 0 Å². The zero-order valence-corrected chi connectivity index (χ0v) is 25.9. The predicted octanol–water partition coefficient (Wildman–Crippen LogP) is 13.1. The number of hydrogen-bond donors (Lipinski definition) is 0. The van der Waals surface area contributed by atoms with Gasteiger partial charge >= 0.3 is 0 Å². The van der Waals surface area contributed by atoms with Gasteiger partial charge in [-0.25, -0.2) is 0 Å². The second-order valence-corrected chi connectivity index (χ2v) is 10.4. The van der Waals surface area contributed by atoms with E-state index in [0.29, 0.717) is 16.7 Å². The van der Waals surface area contributed by atoms with Crippen LogP contribution in [0.5, 0.6) is 0 Å². The molecule has 0 saturated heterocycles. The van der Waals surface area contributed by atoms with Crippen molar-refractivity contribution in [2.75, 3.05) is 0 Å². The van der Waals surface area contributed by atoms with Gasteiger partial charge in [0.2, 0.25) is 0 Å². The molecule has 0 aromatic carbocycles. The first-order chi connectivity index (χ1) is 15.7. The first kappa shape index (κ1) is 40.6. The van der Waals surface area contributed by atoms with Gasteiger partial charge in [0, 0.05) is 0 Å². The van der Waals surface area contributed by atoms with E-state index in [1.54, 1.807) is 5.57 Å². The van der Waals surface area contributed by atoms with Crippen molar-refractivity contribution in [3.8, 4) is 0 Å². The molecule has 34 heavy (non-hydrogen) atoms. The fourth-order valence-electron chi connectivity index (χ4n) is 5.89. The van der Waals surface area contributed by atoms with Gasteiger partial charge in [-0.2, -0.15) is 0 Å². The van der Waals surface area contributed by atoms with E-state index >= 15 is 0 Å². The molecule has 2 fully saturated rings. The summed E-state index contributed by atoms with van der Waals surface area (Å²) in [5.41, 5.74) is 2.92. The van der Waals surface area contributed by atoms with Gasteiger partial charge in [-0.05, 0) is 74.0 Å². The average molecular weight is 481 g/mol. The molecule has 0 amide bonds. The molecule has 0 heteroatoms. The Balaban J connectivity index is -0.000000252. The van der Waals surface area contributed by atoms with Gasteiger partial charge < -0.3 is 0 Å². The van der Waals surface area contributed by atoms with Gasteiger partial charge in [0.25, 0.3) is 0 Å². The van der Waals surface area contributed by atoms with Crippen molar-refractivity contribution in [2.45, 2.75) is 168 Å². The molecular formula is C34H72. The molecule has 5 unspecified atom stereocenters. The highest BCUT2D eigenvalue weighted by Gasteiger charge is 2.57. The van der Waals surface area contributed by atoms with E-state index < -0.39 is 0 Å². The Bertz CT molecular complexity index is 459. The maximum Gasteiger partial charge on any atom is -0.0144 e. The van der Waals surface area contributed by atoms with Crippen molar-refractivity contribution >= 4 is 0 Å². The molecule has 0 heterocycles. The number of unbranched alkanes of at least 4 members (excludes halogenated alkanes) is 1. The van der Waals surface area contributed by atoms with Crippen LogP contribution in [-0.4, -0.2) is 0 Å². The quantitative estimate of drug-likeness (QED) is 0.318. The maximum atomic E-state index is 3.68. The summed E-state index contributed by atoms with van der Waals surface area (Å²) in [4.78, 5) is 0. The zero-order valence-electron chi connectivity index (χ0n) is 25.9. The molecule has 2 rings (SSSR count). The van der Waals surface area contributed by atoms with Gasteiger partial charge in [0.15, 0.2) is 0 Å². The smallest absolute Gasteiger partial charge is 0.0144 e. The minimum atomic E-state index is 0. The molecule has 0 N–H and O–H groups in total. The van der Waals surface area contributed by atoms with Crippen LogP contribution in [0.3, 0.4) is 0 Å². The molecule has 0 aromatic heterocycles. The first-order valence-electron chi connectivity index (χ1n) is 15.0. The molecule has 2 aliphatic rings. The van der Waals surface area contributed by atoms with Crippen LogP contribution in [0.15, 0.2) is 24.3 Å². The van der Waals surface area contributed by atoms with E-state index in [9.17, 15) is 0 Å². The number of allylic oxidation sites excluding steroid dienone is 3. The molecule has 208 valence electrons. The van der Waals surface area contributed by atoms with Crippen molar-refractivity contribution in [1.82, 2.24) is 0 Å². The summed E-state index contributed by atoms with van der Waals surface area (Å²) < 4.78 is 0. The van der Waals surface area contributed by atoms with Crippen molar-refractivity contribution in [3.05, 3.63) is 24.3 Å². The molecule has 0 aromatic rings. The lowest BCUT2D eigenvalue weighted by molar-refractivity contribution is 0.00210. The van der Waals surface area contributed by atoms with Gasteiger partial charge in [-0.15, -0.1) is 6.58 Å². The Morgan fingerprint density at radius 2 is 1.47 bits per heavy atom. The average Bonchev–Trinajstić information content (AvgIpc) is 3.12. The minimum absolute atomic E-state index is 0. The summed E-state index contributed by atoms with van der Waals surface area (Å²) in [5.74, 6) is 2.49. The summed E-state index contributed by atoms with van der Waals surface area (Å²) in [6.45, 7) is 32.7. The van der Waals surface area contributed by atoms with Crippen molar-refractivity contribution < 1.29 is 0 Å². The van der Waals surface area contributed by atoms with E-state index in [1.165, 1.54) is 70.6 Å². The van der Waals surface area contributed by atoms with E-state index in [4.69, 9.17) is 0 Å². The number of fused-ring (bicyclic) bond motifs is 1. The zero-order chi connectivity index (χ0) is 26.5. The van der Waals surface area contributed by atoms with E-state index in [1.807, 2.05) is 33.8 Å². The molecule has 0 radical (unpaired) electrons. The predicted molar refractivity (Wildman–Crippen MR) is 165 cm³/mol. The minimum Gasteiger partial charge on any atom is -0.103 e. The van der Waals surface area contributed by atoms with Crippen LogP contribution < -0.4 is 0 Å². The van der Waals surface area contributed by atoms with Crippen LogP contribution in [0.1, 0.15) is 168 Å². The van der Waals surface area contributed by atoms with Crippen LogP contribution in [0.4, 0.5) is 0 Å². The van der Waals surface area contributed by atoms with Crippen molar-refractivity contribution in [2.24, 2.45) is 28.6 Å². The lowest BCUT2D eigenvalue weighted by atomic mass is 9.53. The highest BCUT2D eigenvalue weighted by molar-refractivity contribution is 5.20. The lowest BCUT2D eigenvalue weighted by Crippen LogP contribution is -2.43. The molecule has 0 nitrogen and oxygen atoms in total. The summed E-state index contributed by atoms with van der Waals surface area (Å²) in [7, 11) is 0. The van der Waals surface area contributed by atoms with Crippen molar-refractivity contribution in [1.29, 1.82) is 0 Å². The standard InChI is InChI=1S/C19H34.C7H14.C3H8.2C2H6.CH4/c1-6-8-10-15(3)18(4)14-12-17-16(7-2)11-9-13-19(17,18)5;1-4-6-7(3)5-2;1-3-2;2*1-2;/h7,15,17H,6,8-14H2,1-5H3;5,7H,2,4,6H2,1,3H3;3H2,1-2H3;2*1-2H3;1H4/b16-7+;;;;;. The number of rotatable bonds is 7. The molecule has 2 aliphatic carbocycles. The Hall–Kier alpha value is -0.520. The fourth-order valence-corrected chi connectivity index (χ4v) is 5.89. The molecular weight excluding hydrogens is 408 g/mol. The van der Waals surface area contributed by atoms with Crippen LogP contribution in [0, 0.1) is 28.6 Å². The number of hydrogen-bond acceptors (Lipinski definition) is 0. The van der Waals surface area contributed by atoms with Crippen LogP contribution in [0.25, 0.3) is 0 Å². The lowest BCUT2D eigenvalue weighted by Gasteiger charge is -2.51. The topological polar surface area (TPSA) is 0 Å². The van der Waals surface area contributed by atoms with E-state index in [0.717, 1.165) is 11.8 Å². The molecule has 5 atom stereocenters. The maximum absolute atomic E-state index is 3.68. The van der Waals surface area contributed by atoms with Crippen LogP contribution in [-0.2, 0) is 0 Å². The van der Waals surface area contributed by atoms with Crippen LogP contribution in [0.2, 0.25) is 0 Å². The second kappa shape index (κ2) is 24.2. The van der Waals surface area contributed by atoms with E-state index in [2.05, 4.69) is 75.0 Å². The van der Waals surface area contributed by atoms with Gasteiger partial charge in [0.1, 0.15) is 0 Å². The van der Waals surface area contributed by atoms with Gasteiger partial charge in [0.05, 0.1) is 0 Å². The summed E-state index contributed by atoms with van der Waals surface area (Å²) in [5, 5.41) is 0. The van der Waals surface area contributed by atoms with Gasteiger partial charge in [-0.3, -0.25) is 0 Å². The third-order valence-electron chi connectivity index (χ3n) is 8.23. The van der Waals surface area contributed by atoms with Crippen molar-refractivity contribution in [3.63, 3.8) is 0 Å². The summed E-state index contributed by atoms with van der Waals surface area (Å²) in [6.07, 6.45) is 19.6. The third kappa shape index (κ3) is 12.4. The Morgan fingerprint density at radius 3 is 1.85 bits per heavy atom. The summed E-state index contributed by atoms with van der Waals surface area (Å²) in [6, 6.07) is 0. The Labute approximate surface area is 220 Å². The monoisotopic (exact) mass is 481 g/mol. The van der Waals surface area contributed by atoms with E-state index in [-0.39, 0.29) is 7.43 Å². The molecule has 0 bridgehead atoms.